The molecule has 0 saturated carbocycles. The highest BCUT2D eigenvalue weighted by molar-refractivity contribution is 7.92. The Morgan fingerprint density at radius 2 is 2.00 bits per heavy atom. The summed E-state index contributed by atoms with van der Waals surface area (Å²) in [6.07, 6.45) is 6.84. The predicted molar refractivity (Wildman–Crippen MR) is 95.9 cm³/mol. The Morgan fingerprint density at radius 1 is 1.24 bits per heavy atom. The number of benzene rings is 1. The number of nitrogens with zero attached hydrogens (tertiary/aromatic N) is 2. The fraction of sp³-hybridized carbons (Fsp3) is 0.474. The van der Waals surface area contributed by atoms with Crippen molar-refractivity contribution in [3.05, 3.63) is 58.8 Å². The van der Waals surface area contributed by atoms with Gasteiger partial charge < -0.3 is 5.21 Å². The van der Waals surface area contributed by atoms with Crippen LogP contribution in [0, 0.1) is 5.21 Å². The number of fused-ring (bicyclic) bond motifs is 1. The Balaban J connectivity index is 1.81. The van der Waals surface area contributed by atoms with Gasteiger partial charge in [-0.25, -0.2) is 13.1 Å². The van der Waals surface area contributed by atoms with Crippen molar-refractivity contribution < 1.29 is 13.1 Å². The maximum absolute atomic E-state index is 12.8. The van der Waals surface area contributed by atoms with E-state index in [1.807, 2.05) is 0 Å². The average Bonchev–Trinajstić information content (AvgIpc) is 2.64. The van der Waals surface area contributed by atoms with Gasteiger partial charge in [-0.15, -0.1) is 0 Å². The number of hydrogen-bond donors (Lipinski definition) is 0. The minimum atomic E-state index is -3.38. The van der Waals surface area contributed by atoms with Crippen LogP contribution in [0.2, 0.25) is 0 Å². The van der Waals surface area contributed by atoms with Crippen LogP contribution in [-0.2, 0) is 29.1 Å². The monoisotopic (exact) mass is 360 g/mol. The molecule has 0 spiro atoms. The molecule has 1 aromatic carbocycles. The van der Waals surface area contributed by atoms with Gasteiger partial charge in [0.05, 0.1) is 16.6 Å². The van der Waals surface area contributed by atoms with Gasteiger partial charge in [0.25, 0.3) is 0 Å². The third kappa shape index (κ3) is 3.68. The van der Waals surface area contributed by atoms with Crippen LogP contribution in [0.1, 0.15) is 49.7 Å². The topological polar surface area (TPSA) is 74.0 Å². The maximum atomic E-state index is 12.8. The quantitative estimate of drug-likeness (QED) is 0.451. The molecule has 0 radical (unpaired) electrons. The van der Waals surface area contributed by atoms with Gasteiger partial charge in [0.15, 0.2) is 9.84 Å². The van der Waals surface area contributed by atoms with Gasteiger partial charge in [-0.1, -0.05) is 42.9 Å². The van der Waals surface area contributed by atoms with Gasteiger partial charge in [-0.3, -0.25) is 0 Å². The standard InChI is InChI=1S/C19H24N2O3S/c1-2-3-5-10-19-20-14-15-13-17(11-12-18(15)21(19)22)25(23,24)16-8-6-4-7-9-16/h4,6-9,14,17H,2-3,5,10-13H2,1H3. The summed E-state index contributed by atoms with van der Waals surface area (Å²) >= 11 is 0. The highest BCUT2D eigenvalue weighted by Crippen LogP contribution is 2.27. The Labute approximate surface area is 149 Å². The molecule has 1 heterocycles. The van der Waals surface area contributed by atoms with Gasteiger partial charge in [-0.2, -0.15) is 0 Å². The van der Waals surface area contributed by atoms with E-state index in [2.05, 4.69) is 11.9 Å². The number of unbranched alkanes of at least 4 members (excludes halogenated alkanes) is 2. The van der Waals surface area contributed by atoms with Crippen molar-refractivity contribution >= 4 is 9.84 Å². The van der Waals surface area contributed by atoms with Gasteiger partial charge in [0.2, 0.25) is 0 Å². The third-order valence-corrected chi connectivity index (χ3v) is 7.09. The highest BCUT2D eigenvalue weighted by atomic mass is 32.2. The van der Waals surface area contributed by atoms with E-state index in [0.29, 0.717) is 42.1 Å². The first-order valence-electron chi connectivity index (χ1n) is 8.92. The molecule has 6 heteroatoms. The Bertz CT molecular complexity index is 835. The largest absolute Gasteiger partial charge is 0.711 e. The third-order valence-electron chi connectivity index (χ3n) is 4.88. The molecule has 2 aromatic rings. The second kappa shape index (κ2) is 7.52. The number of aromatic nitrogens is 2. The van der Waals surface area contributed by atoms with E-state index in [4.69, 9.17) is 0 Å². The van der Waals surface area contributed by atoms with E-state index < -0.39 is 15.1 Å². The van der Waals surface area contributed by atoms with E-state index in [1.54, 1.807) is 36.5 Å². The summed E-state index contributed by atoms with van der Waals surface area (Å²) in [6, 6.07) is 8.54. The zero-order valence-corrected chi connectivity index (χ0v) is 15.3. The van der Waals surface area contributed by atoms with Crippen LogP contribution >= 0.6 is 0 Å². The summed E-state index contributed by atoms with van der Waals surface area (Å²) in [5.41, 5.74) is 1.46. The van der Waals surface area contributed by atoms with E-state index in [0.717, 1.165) is 29.6 Å². The summed E-state index contributed by atoms with van der Waals surface area (Å²) in [6.45, 7) is 2.12. The van der Waals surface area contributed by atoms with Crippen molar-refractivity contribution in [3.63, 3.8) is 0 Å². The number of aryl methyl sites for hydroxylation is 1. The first-order chi connectivity index (χ1) is 12.0. The van der Waals surface area contributed by atoms with Gasteiger partial charge >= 0.3 is 5.82 Å². The molecule has 1 aliphatic rings. The van der Waals surface area contributed by atoms with Gasteiger partial charge in [0.1, 0.15) is 11.9 Å². The van der Waals surface area contributed by atoms with Crippen molar-refractivity contribution in [1.29, 1.82) is 0 Å². The van der Waals surface area contributed by atoms with Crippen LogP contribution in [-0.4, -0.2) is 18.7 Å². The normalized spacial score (nSPS) is 17.2. The lowest BCUT2D eigenvalue weighted by atomic mass is 9.96. The van der Waals surface area contributed by atoms with Gasteiger partial charge in [-0.05, 0) is 31.4 Å². The van der Waals surface area contributed by atoms with E-state index in [9.17, 15) is 13.6 Å². The van der Waals surface area contributed by atoms with Crippen molar-refractivity contribution in [2.45, 2.75) is 62.0 Å². The number of sulfone groups is 1. The van der Waals surface area contributed by atoms with Crippen molar-refractivity contribution in [2.75, 3.05) is 0 Å². The minimum absolute atomic E-state index is 0.350. The summed E-state index contributed by atoms with van der Waals surface area (Å²) in [7, 11) is -3.38. The molecule has 0 fully saturated rings. The number of rotatable bonds is 6. The SMILES string of the molecule is CCCCCc1ncc2c([n+]1[O-])CCC(S(=O)(=O)c1ccccc1)C2. The molecule has 1 aliphatic carbocycles. The van der Waals surface area contributed by atoms with Crippen LogP contribution in [0.5, 0.6) is 0 Å². The minimum Gasteiger partial charge on any atom is -0.711 e. The maximum Gasteiger partial charge on any atom is 0.301 e. The molecule has 134 valence electrons. The van der Waals surface area contributed by atoms with Crippen molar-refractivity contribution in [3.8, 4) is 0 Å². The Morgan fingerprint density at radius 3 is 2.72 bits per heavy atom. The zero-order valence-electron chi connectivity index (χ0n) is 14.5. The molecule has 25 heavy (non-hydrogen) atoms. The number of hydrogen-bond acceptors (Lipinski definition) is 4. The summed E-state index contributed by atoms with van der Waals surface area (Å²) in [5, 5.41) is 12.0. The first-order valence-corrected chi connectivity index (χ1v) is 10.5. The van der Waals surface area contributed by atoms with Crippen LogP contribution < -0.4 is 4.73 Å². The van der Waals surface area contributed by atoms with E-state index in [1.165, 1.54) is 0 Å². The molecule has 0 saturated heterocycles. The molecule has 5 nitrogen and oxygen atoms in total. The van der Waals surface area contributed by atoms with Crippen LogP contribution in [0.4, 0.5) is 0 Å². The van der Waals surface area contributed by atoms with Gasteiger partial charge in [0, 0.05) is 12.0 Å². The summed E-state index contributed by atoms with van der Waals surface area (Å²) < 4.78 is 26.6. The predicted octanol–water partition coefficient (Wildman–Crippen LogP) is 2.78. The Kier molecular flexibility index (Phi) is 5.37. The average molecular weight is 360 g/mol. The van der Waals surface area contributed by atoms with Crippen LogP contribution in [0.25, 0.3) is 0 Å². The zero-order chi connectivity index (χ0) is 17.9. The molecular weight excluding hydrogens is 336 g/mol. The van der Waals surface area contributed by atoms with Crippen LogP contribution in [0.3, 0.4) is 0 Å². The van der Waals surface area contributed by atoms with Crippen molar-refractivity contribution in [2.24, 2.45) is 0 Å². The van der Waals surface area contributed by atoms with Crippen molar-refractivity contribution in [1.82, 2.24) is 4.98 Å². The van der Waals surface area contributed by atoms with E-state index in [-0.39, 0.29) is 0 Å². The molecule has 0 aliphatic heterocycles. The lowest BCUT2D eigenvalue weighted by Crippen LogP contribution is -2.43. The molecule has 0 amide bonds. The van der Waals surface area contributed by atoms with Crippen LogP contribution in [0.15, 0.2) is 41.4 Å². The molecule has 1 unspecified atom stereocenters. The molecular formula is C19H24N2O3S. The summed E-state index contributed by atoms with van der Waals surface area (Å²) in [5.74, 6) is 0.552. The fourth-order valence-corrected chi connectivity index (χ4v) is 5.16. The molecule has 3 rings (SSSR count). The highest BCUT2D eigenvalue weighted by Gasteiger charge is 2.34. The molecule has 1 atom stereocenters. The summed E-state index contributed by atoms with van der Waals surface area (Å²) in [4.78, 5) is 4.66. The second-order valence-corrected chi connectivity index (χ2v) is 8.85. The smallest absolute Gasteiger partial charge is 0.301 e. The fourth-order valence-electron chi connectivity index (χ4n) is 3.41. The Hall–Kier alpha value is -1.95. The lowest BCUT2D eigenvalue weighted by Gasteiger charge is -2.25. The molecule has 0 N–H and O–H groups in total. The van der Waals surface area contributed by atoms with E-state index >= 15 is 0 Å². The first kappa shape index (κ1) is 17.9. The molecule has 1 aromatic heterocycles. The second-order valence-electron chi connectivity index (χ2n) is 6.62. The molecule has 0 bridgehead atoms. The lowest BCUT2D eigenvalue weighted by molar-refractivity contribution is -0.627.